The lowest BCUT2D eigenvalue weighted by atomic mass is 10.2. The third kappa shape index (κ3) is 5.40. The molecule has 0 radical (unpaired) electrons. The van der Waals surface area contributed by atoms with E-state index in [1.54, 1.807) is 11.3 Å². The van der Waals surface area contributed by atoms with Crippen LogP contribution in [0, 0.1) is 6.92 Å². The molecule has 0 aliphatic heterocycles. The first-order valence-electron chi connectivity index (χ1n) is 9.15. The topological polar surface area (TPSA) is 58.3 Å². The van der Waals surface area contributed by atoms with E-state index in [1.165, 1.54) is 5.56 Å². The molecule has 0 fully saturated rings. The second kappa shape index (κ2) is 9.32. The molecular formula is C20H26N6S. The van der Waals surface area contributed by atoms with E-state index in [0.29, 0.717) is 6.54 Å². The fourth-order valence-corrected chi connectivity index (χ4v) is 3.37. The van der Waals surface area contributed by atoms with Gasteiger partial charge >= 0.3 is 0 Å². The lowest BCUT2D eigenvalue weighted by molar-refractivity contribution is 0.471. The summed E-state index contributed by atoms with van der Waals surface area (Å²) in [6.07, 6.45) is 4.84. The van der Waals surface area contributed by atoms with E-state index in [0.717, 1.165) is 41.9 Å². The molecule has 0 aliphatic rings. The number of aliphatic imine (C=N–C) groups is 1. The number of para-hydroxylation sites is 1. The monoisotopic (exact) mass is 382 g/mol. The number of nitrogens with zero attached hydrogens (tertiary/aromatic N) is 5. The van der Waals surface area contributed by atoms with E-state index in [-0.39, 0.29) is 0 Å². The molecule has 0 atom stereocenters. The molecule has 142 valence electrons. The van der Waals surface area contributed by atoms with Crippen molar-refractivity contribution in [2.24, 2.45) is 4.99 Å². The van der Waals surface area contributed by atoms with E-state index in [4.69, 9.17) is 4.99 Å². The Morgan fingerprint density at radius 1 is 1.30 bits per heavy atom. The van der Waals surface area contributed by atoms with Gasteiger partial charge in [-0.05, 0) is 38.0 Å². The van der Waals surface area contributed by atoms with Crippen LogP contribution in [0.25, 0.3) is 5.69 Å². The number of hydrogen-bond donors (Lipinski definition) is 1. The average Bonchev–Trinajstić information content (AvgIpc) is 3.31. The molecule has 0 unspecified atom stereocenters. The minimum atomic E-state index is 0.712. The summed E-state index contributed by atoms with van der Waals surface area (Å²) in [4.78, 5) is 11.4. The van der Waals surface area contributed by atoms with E-state index in [1.807, 2.05) is 55.2 Å². The zero-order chi connectivity index (χ0) is 19.1. The highest BCUT2D eigenvalue weighted by atomic mass is 32.1. The van der Waals surface area contributed by atoms with Gasteiger partial charge in [0.1, 0.15) is 0 Å². The van der Waals surface area contributed by atoms with E-state index >= 15 is 0 Å². The number of guanidine groups is 1. The summed E-state index contributed by atoms with van der Waals surface area (Å²) < 4.78 is 1.90. The first-order valence-corrected chi connectivity index (χ1v) is 10.0. The minimum Gasteiger partial charge on any atom is -0.357 e. The van der Waals surface area contributed by atoms with Crippen LogP contribution in [0.2, 0.25) is 0 Å². The maximum Gasteiger partial charge on any atom is 0.194 e. The van der Waals surface area contributed by atoms with Crippen LogP contribution in [-0.2, 0) is 13.0 Å². The van der Waals surface area contributed by atoms with Gasteiger partial charge in [-0.15, -0.1) is 11.3 Å². The number of aromatic nitrogens is 3. The van der Waals surface area contributed by atoms with Crippen LogP contribution < -0.4 is 5.32 Å². The molecule has 3 aromatic rings. The summed E-state index contributed by atoms with van der Waals surface area (Å²) in [5, 5.41) is 11.0. The molecule has 0 aliphatic carbocycles. The minimum absolute atomic E-state index is 0.712. The van der Waals surface area contributed by atoms with Crippen LogP contribution in [0.4, 0.5) is 0 Å². The van der Waals surface area contributed by atoms with Crippen molar-refractivity contribution in [3.63, 3.8) is 0 Å². The summed E-state index contributed by atoms with van der Waals surface area (Å²) in [5.74, 6) is 0.901. The van der Waals surface area contributed by atoms with Crippen molar-refractivity contribution in [1.82, 2.24) is 25.0 Å². The fraction of sp³-hybridized carbons (Fsp3) is 0.350. The van der Waals surface area contributed by atoms with Gasteiger partial charge in [0.15, 0.2) is 5.96 Å². The number of rotatable bonds is 7. The number of hydrogen-bond acceptors (Lipinski definition) is 4. The van der Waals surface area contributed by atoms with Crippen molar-refractivity contribution < 1.29 is 0 Å². The Kier molecular flexibility index (Phi) is 6.59. The Bertz CT molecular complexity index is 867. The third-order valence-corrected chi connectivity index (χ3v) is 4.90. The molecule has 1 aromatic carbocycles. The number of benzene rings is 1. The van der Waals surface area contributed by atoms with Gasteiger partial charge in [0.2, 0.25) is 0 Å². The SMILES string of the molecule is CCNC(=NCCc1cnn(-c2ccccc2)c1)N(C)Cc1csc(C)n1. The average molecular weight is 383 g/mol. The van der Waals surface area contributed by atoms with Gasteiger partial charge < -0.3 is 10.2 Å². The predicted molar refractivity (Wildman–Crippen MR) is 112 cm³/mol. The first-order chi connectivity index (χ1) is 13.2. The summed E-state index contributed by atoms with van der Waals surface area (Å²) in [5.41, 5.74) is 3.32. The summed E-state index contributed by atoms with van der Waals surface area (Å²) in [6, 6.07) is 10.1. The molecule has 7 heteroatoms. The fourth-order valence-electron chi connectivity index (χ4n) is 2.77. The lowest BCUT2D eigenvalue weighted by Gasteiger charge is -2.21. The van der Waals surface area contributed by atoms with Gasteiger partial charge in [0.05, 0.1) is 29.1 Å². The number of aryl methyl sites for hydroxylation is 1. The molecule has 2 heterocycles. The van der Waals surface area contributed by atoms with E-state index in [9.17, 15) is 0 Å². The molecule has 0 spiro atoms. The van der Waals surface area contributed by atoms with Crippen LogP contribution in [0.15, 0.2) is 53.1 Å². The lowest BCUT2D eigenvalue weighted by Crippen LogP contribution is -2.38. The highest BCUT2D eigenvalue weighted by Crippen LogP contribution is 2.10. The largest absolute Gasteiger partial charge is 0.357 e. The van der Waals surface area contributed by atoms with Crippen LogP contribution in [-0.4, -0.2) is 45.8 Å². The maximum atomic E-state index is 4.76. The number of nitrogens with one attached hydrogen (secondary N) is 1. The van der Waals surface area contributed by atoms with Gasteiger partial charge in [-0.1, -0.05) is 18.2 Å². The predicted octanol–water partition coefficient (Wildman–Crippen LogP) is 3.28. The molecule has 27 heavy (non-hydrogen) atoms. The Balaban J connectivity index is 1.59. The van der Waals surface area contributed by atoms with Gasteiger partial charge in [0.25, 0.3) is 0 Å². The van der Waals surface area contributed by atoms with E-state index < -0.39 is 0 Å². The van der Waals surface area contributed by atoms with Gasteiger partial charge in [-0.25, -0.2) is 9.67 Å². The highest BCUT2D eigenvalue weighted by Gasteiger charge is 2.08. The van der Waals surface area contributed by atoms with Crippen LogP contribution in [0.3, 0.4) is 0 Å². The Labute approximate surface area is 164 Å². The quantitative estimate of drug-likeness (QED) is 0.503. The molecule has 0 amide bonds. The zero-order valence-corrected chi connectivity index (χ0v) is 16.9. The van der Waals surface area contributed by atoms with Crippen LogP contribution in [0.1, 0.15) is 23.2 Å². The maximum absolute atomic E-state index is 4.76. The molecular weight excluding hydrogens is 356 g/mol. The Morgan fingerprint density at radius 2 is 2.11 bits per heavy atom. The summed E-state index contributed by atoms with van der Waals surface area (Å²) in [6.45, 7) is 6.42. The molecule has 0 saturated heterocycles. The second-order valence-corrected chi connectivity index (χ2v) is 7.39. The van der Waals surface area contributed by atoms with Gasteiger partial charge in [-0.3, -0.25) is 4.99 Å². The van der Waals surface area contributed by atoms with Crippen LogP contribution in [0.5, 0.6) is 0 Å². The Hall–Kier alpha value is -2.67. The smallest absolute Gasteiger partial charge is 0.194 e. The zero-order valence-electron chi connectivity index (χ0n) is 16.1. The van der Waals surface area contributed by atoms with Crippen molar-refractivity contribution in [1.29, 1.82) is 0 Å². The van der Waals surface area contributed by atoms with Crippen molar-refractivity contribution in [2.75, 3.05) is 20.1 Å². The van der Waals surface area contributed by atoms with Gasteiger partial charge in [-0.2, -0.15) is 5.10 Å². The molecule has 6 nitrogen and oxygen atoms in total. The van der Waals surface area contributed by atoms with Crippen LogP contribution >= 0.6 is 11.3 Å². The standard InChI is InChI=1S/C20H26N6S/c1-4-21-20(25(3)14-18-15-27-16(2)24-18)22-11-10-17-12-23-26(13-17)19-8-6-5-7-9-19/h5-9,12-13,15H,4,10-11,14H2,1-3H3,(H,21,22). The molecule has 3 rings (SSSR count). The Morgan fingerprint density at radius 3 is 2.81 bits per heavy atom. The summed E-state index contributed by atoms with van der Waals surface area (Å²) >= 11 is 1.68. The molecule has 1 N–H and O–H groups in total. The molecule has 0 saturated carbocycles. The summed E-state index contributed by atoms with van der Waals surface area (Å²) in [7, 11) is 2.05. The molecule has 2 aromatic heterocycles. The number of thiazole rings is 1. The highest BCUT2D eigenvalue weighted by molar-refractivity contribution is 7.09. The normalized spacial score (nSPS) is 11.6. The van der Waals surface area contributed by atoms with Crippen molar-refractivity contribution in [3.05, 3.63) is 64.4 Å². The van der Waals surface area contributed by atoms with Crippen molar-refractivity contribution >= 4 is 17.3 Å². The van der Waals surface area contributed by atoms with Gasteiger partial charge in [0, 0.05) is 31.7 Å². The molecule has 0 bridgehead atoms. The first kappa shape index (κ1) is 19.1. The van der Waals surface area contributed by atoms with Crippen molar-refractivity contribution in [2.45, 2.75) is 26.8 Å². The third-order valence-electron chi connectivity index (χ3n) is 4.08. The second-order valence-electron chi connectivity index (χ2n) is 6.33. The van der Waals surface area contributed by atoms with E-state index in [2.05, 4.69) is 38.8 Å². The van der Waals surface area contributed by atoms with Crippen molar-refractivity contribution in [3.8, 4) is 5.69 Å².